The second-order valence-corrected chi connectivity index (χ2v) is 5.51. The van der Waals surface area contributed by atoms with Gasteiger partial charge >= 0.3 is 6.61 Å². The molecule has 0 bridgehead atoms. The largest absolute Gasteiger partial charge is 0.434 e. The molecule has 5 heteroatoms. The van der Waals surface area contributed by atoms with Crippen LogP contribution in [-0.2, 0) is 0 Å². The van der Waals surface area contributed by atoms with E-state index in [-0.39, 0.29) is 11.8 Å². The van der Waals surface area contributed by atoms with Crippen LogP contribution in [0, 0.1) is 6.92 Å². The normalized spacial score (nSPS) is 12.3. The summed E-state index contributed by atoms with van der Waals surface area (Å²) in [6.45, 7) is 1.07. The topological polar surface area (TPSA) is 21.3 Å². The molecule has 0 spiro atoms. The molecule has 2 nitrogen and oxygen atoms in total. The Kier molecular flexibility index (Phi) is 5.17. The van der Waals surface area contributed by atoms with E-state index in [0.717, 1.165) is 15.7 Å². The Morgan fingerprint density at radius 1 is 1.10 bits per heavy atom. The quantitative estimate of drug-likeness (QED) is 0.760. The lowest BCUT2D eigenvalue weighted by atomic mass is 10.1. The first kappa shape index (κ1) is 15.8. The molecule has 0 fully saturated rings. The fraction of sp³-hybridized carbons (Fsp3) is 0.250. The van der Waals surface area contributed by atoms with E-state index in [4.69, 9.17) is 0 Å². The molecule has 0 radical (unpaired) electrons. The highest BCUT2D eigenvalue weighted by Crippen LogP contribution is 2.32. The Labute approximate surface area is 131 Å². The second kappa shape index (κ2) is 6.89. The molecular weight excluding hydrogens is 340 g/mol. The summed E-state index contributed by atoms with van der Waals surface area (Å²) in [5.74, 6) is 0.191. The molecule has 0 aliphatic carbocycles. The average molecular weight is 356 g/mol. The molecule has 112 valence electrons. The second-order valence-electron chi connectivity index (χ2n) is 4.72. The Hall–Kier alpha value is -1.62. The van der Waals surface area contributed by atoms with Gasteiger partial charge in [-0.2, -0.15) is 8.78 Å². The van der Waals surface area contributed by atoms with Gasteiger partial charge < -0.3 is 10.1 Å². The Balaban J connectivity index is 2.24. The lowest BCUT2D eigenvalue weighted by Gasteiger charge is -2.20. The number of alkyl halides is 2. The third-order valence-corrected chi connectivity index (χ3v) is 4.22. The van der Waals surface area contributed by atoms with Crippen LogP contribution in [0.5, 0.6) is 5.75 Å². The lowest BCUT2D eigenvalue weighted by molar-refractivity contribution is -0.0505. The Morgan fingerprint density at radius 3 is 2.52 bits per heavy atom. The summed E-state index contributed by atoms with van der Waals surface area (Å²) in [7, 11) is 0. The summed E-state index contributed by atoms with van der Waals surface area (Å²) in [6, 6.07) is 12.5. The number of nitrogens with one attached hydrogen (secondary N) is 1. The van der Waals surface area contributed by atoms with Crippen molar-refractivity contribution in [2.75, 3.05) is 5.32 Å². The summed E-state index contributed by atoms with van der Waals surface area (Å²) >= 11 is 3.53. The fourth-order valence-electron chi connectivity index (χ4n) is 2.11. The van der Waals surface area contributed by atoms with Gasteiger partial charge in [0.15, 0.2) is 0 Å². The van der Waals surface area contributed by atoms with Gasteiger partial charge in [0.2, 0.25) is 0 Å². The maximum atomic E-state index is 12.5. The van der Waals surface area contributed by atoms with Crippen LogP contribution in [0.4, 0.5) is 14.5 Å². The van der Waals surface area contributed by atoms with E-state index in [1.165, 1.54) is 0 Å². The highest BCUT2D eigenvalue weighted by Gasteiger charge is 2.15. The molecule has 2 aromatic rings. The molecule has 0 aromatic heterocycles. The van der Waals surface area contributed by atoms with E-state index in [1.54, 1.807) is 24.3 Å². The molecule has 0 aliphatic rings. The van der Waals surface area contributed by atoms with Crippen molar-refractivity contribution < 1.29 is 13.5 Å². The molecule has 1 N–H and O–H groups in total. The first-order valence-electron chi connectivity index (χ1n) is 6.54. The van der Waals surface area contributed by atoms with Crippen LogP contribution in [0.15, 0.2) is 46.9 Å². The molecule has 0 saturated heterocycles. The van der Waals surface area contributed by atoms with Crippen molar-refractivity contribution in [3.63, 3.8) is 0 Å². The average Bonchev–Trinajstić information content (AvgIpc) is 2.44. The first-order chi connectivity index (χ1) is 9.99. The number of anilines is 1. The molecule has 2 aromatic carbocycles. The molecule has 1 atom stereocenters. The van der Waals surface area contributed by atoms with E-state index in [0.29, 0.717) is 5.56 Å². The summed E-state index contributed by atoms with van der Waals surface area (Å²) in [5, 5.41) is 3.31. The van der Waals surface area contributed by atoms with Crippen molar-refractivity contribution in [1.82, 2.24) is 0 Å². The molecule has 1 unspecified atom stereocenters. The predicted octanol–water partition coefficient (Wildman–Crippen LogP) is 5.53. The van der Waals surface area contributed by atoms with Crippen LogP contribution in [-0.4, -0.2) is 6.61 Å². The van der Waals surface area contributed by atoms with Crippen molar-refractivity contribution in [2.45, 2.75) is 26.5 Å². The molecule has 0 saturated carbocycles. The van der Waals surface area contributed by atoms with Crippen LogP contribution in [0.2, 0.25) is 0 Å². The van der Waals surface area contributed by atoms with Crippen LogP contribution in [0.3, 0.4) is 0 Å². The number of halogens is 3. The molecule has 0 heterocycles. The van der Waals surface area contributed by atoms with E-state index in [2.05, 4.69) is 26.0 Å². The zero-order chi connectivity index (χ0) is 15.4. The van der Waals surface area contributed by atoms with Gasteiger partial charge in [-0.3, -0.25) is 0 Å². The number of hydrogen-bond acceptors (Lipinski definition) is 2. The van der Waals surface area contributed by atoms with Gasteiger partial charge in [0.1, 0.15) is 5.75 Å². The maximum Gasteiger partial charge on any atom is 0.387 e. The lowest BCUT2D eigenvalue weighted by Crippen LogP contribution is -2.11. The van der Waals surface area contributed by atoms with Crippen molar-refractivity contribution in [1.29, 1.82) is 0 Å². The number of rotatable bonds is 5. The third kappa shape index (κ3) is 3.94. The number of aryl methyl sites for hydroxylation is 1. The molecule has 0 aliphatic heterocycles. The zero-order valence-electron chi connectivity index (χ0n) is 11.7. The smallest absolute Gasteiger partial charge is 0.387 e. The summed E-state index contributed by atoms with van der Waals surface area (Å²) in [6.07, 6.45) is 0. The number of ether oxygens (including phenoxy) is 1. The third-order valence-electron chi connectivity index (χ3n) is 3.17. The SMILES string of the molecule is Cc1cccc(NC(C)c2ccccc2OC(F)F)c1Br. The van der Waals surface area contributed by atoms with Crippen LogP contribution in [0.1, 0.15) is 24.1 Å². The molecular formula is C16H16BrF2NO. The summed E-state index contributed by atoms with van der Waals surface area (Å²) < 4.78 is 30.5. The number of para-hydroxylation sites is 1. The van der Waals surface area contributed by atoms with Crippen LogP contribution in [0.25, 0.3) is 0 Å². The van der Waals surface area contributed by atoms with Gasteiger partial charge in [0.05, 0.1) is 6.04 Å². The van der Waals surface area contributed by atoms with E-state index < -0.39 is 6.61 Å². The summed E-state index contributed by atoms with van der Waals surface area (Å²) in [4.78, 5) is 0. The molecule has 21 heavy (non-hydrogen) atoms. The minimum atomic E-state index is -2.83. The van der Waals surface area contributed by atoms with Gasteiger partial charge in [0.25, 0.3) is 0 Å². The van der Waals surface area contributed by atoms with E-state index >= 15 is 0 Å². The van der Waals surface area contributed by atoms with Crippen LogP contribution < -0.4 is 10.1 Å². The van der Waals surface area contributed by atoms with Gasteiger partial charge in [-0.05, 0) is 47.5 Å². The van der Waals surface area contributed by atoms with Crippen molar-refractivity contribution >= 4 is 21.6 Å². The van der Waals surface area contributed by atoms with Crippen molar-refractivity contribution in [2.24, 2.45) is 0 Å². The van der Waals surface area contributed by atoms with E-state index in [1.807, 2.05) is 32.0 Å². The van der Waals surface area contributed by atoms with Gasteiger partial charge in [-0.15, -0.1) is 0 Å². The highest BCUT2D eigenvalue weighted by molar-refractivity contribution is 9.10. The van der Waals surface area contributed by atoms with Gasteiger partial charge in [-0.1, -0.05) is 30.3 Å². The zero-order valence-corrected chi connectivity index (χ0v) is 13.3. The van der Waals surface area contributed by atoms with Crippen molar-refractivity contribution in [3.05, 3.63) is 58.1 Å². The first-order valence-corrected chi connectivity index (χ1v) is 7.33. The standard InChI is InChI=1S/C16H16BrF2NO/c1-10-6-5-8-13(15(10)17)20-11(2)12-7-3-4-9-14(12)21-16(18)19/h3-9,11,16,20H,1-2H3. The highest BCUT2D eigenvalue weighted by atomic mass is 79.9. The van der Waals surface area contributed by atoms with Crippen molar-refractivity contribution in [3.8, 4) is 5.75 Å². The van der Waals surface area contributed by atoms with Gasteiger partial charge in [0, 0.05) is 15.7 Å². The minimum absolute atomic E-state index is 0.168. The molecule has 2 rings (SSSR count). The number of benzene rings is 2. The molecule has 0 amide bonds. The minimum Gasteiger partial charge on any atom is -0.434 e. The fourth-order valence-corrected chi connectivity index (χ4v) is 2.49. The summed E-state index contributed by atoms with van der Waals surface area (Å²) in [5.41, 5.74) is 2.70. The monoisotopic (exact) mass is 355 g/mol. The Morgan fingerprint density at radius 2 is 1.81 bits per heavy atom. The maximum absolute atomic E-state index is 12.5. The Bertz CT molecular complexity index is 619. The van der Waals surface area contributed by atoms with Gasteiger partial charge in [-0.25, -0.2) is 0 Å². The predicted molar refractivity (Wildman–Crippen MR) is 84.0 cm³/mol. The van der Waals surface area contributed by atoms with Crippen LogP contribution >= 0.6 is 15.9 Å². The number of hydrogen-bond donors (Lipinski definition) is 1. The van der Waals surface area contributed by atoms with E-state index in [9.17, 15) is 8.78 Å².